The standard InChI is InChI=1S/C17H10Br2ClNO3/c1-23-15-9(6-10(18)8-12(15)19)7-14-17(22)24-16(21-14)11-4-2-3-5-13(11)20/h2-8H,1H3/b14-7-. The third-order valence-electron chi connectivity index (χ3n) is 3.26. The molecule has 2 aromatic rings. The zero-order valence-electron chi connectivity index (χ0n) is 12.3. The van der Waals surface area contributed by atoms with Gasteiger partial charge in [-0.05, 0) is 46.3 Å². The number of rotatable bonds is 3. The number of halogens is 3. The van der Waals surface area contributed by atoms with Crippen LogP contribution in [0.1, 0.15) is 11.1 Å². The number of cyclic esters (lactones) is 1. The summed E-state index contributed by atoms with van der Waals surface area (Å²) in [6.07, 6.45) is 1.61. The lowest BCUT2D eigenvalue weighted by Crippen LogP contribution is -2.05. The predicted molar refractivity (Wildman–Crippen MR) is 100 cm³/mol. The third-order valence-corrected chi connectivity index (χ3v) is 4.63. The summed E-state index contributed by atoms with van der Waals surface area (Å²) < 4.78 is 12.2. The summed E-state index contributed by atoms with van der Waals surface area (Å²) in [6.45, 7) is 0. The highest BCUT2D eigenvalue weighted by Gasteiger charge is 2.26. The first-order valence-electron chi connectivity index (χ1n) is 6.80. The minimum Gasteiger partial charge on any atom is -0.495 e. The van der Waals surface area contributed by atoms with Crippen LogP contribution in [0, 0.1) is 0 Å². The van der Waals surface area contributed by atoms with Crippen molar-refractivity contribution in [2.24, 2.45) is 4.99 Å². The van der Waals surface area contributed by atoms with E-state index in [1.54, 1.807) is 37.5 Å². The molecule has 0 atom stereocenters. The van der Waals surface area contributed by atoms with Gasteiger partial charge in [-0.15, -0.1) is 0 Å². The van der Waals surface area contributed by atoms with Gasteiger partial charge in [0.15, 0.2) is 5.70 Å². The van der Waals surface area contributed by atoms with Crippen LogP contribution in [0.25, 0.3) is 6.08 Å². The van der Waals surface area contributed by atoms with Gasteiger partial charge in [0, 0.05) is 10.0 Å². The molecular formula is C17H10Br2ClNO3. The fourth-order valence-corrected chi connectivity index (χ4v) is 3.85. The highest BCUT2D eigenvalue weighted by atomic mass is 79.9. The maximum Gasteiger partial charge on any atom is 0.363 e. The number of ether oxygens (including phenoxy) is 2. The Labute approximate surface area is 160 Å². The molecule has 122 valence electrons. The molecule has 1 aliphatic heterocycles. The van der Waals surface area contributed by atoms with Gasteiger partial charge in [-0.2, -0.15) is 0 Å². The lowest BCUT2D eigenvalue weighted by atomic mass is 10.1. The van der Waals surface area contributed by atoms with Crippen LogP contribution in [0.2, 0.25) is 5.02 Å². The highest BCUT2D eigenvalue weighted by molar-refractivity contribution is 9.11. The molecular weight excluding hydrogens is 461 g/mol. The average Bonchev–Trinajstić information content (AvgIpc) is 2.88. The molecule has 7 heteroatoms. The molecule has 24 heavy (non-hydrogen) atoms. The normalized spacial score (nSPS) is 15.4. The van der Waals surface area contributed by atoms with Crippen LogP contribution in [-0.2, 0) is 9.53 Å². The molecule has 1 heterocycles. The number of hydrogen-bond donors (Lipinski definition) is 0. The van der Waals surface area contributed by atoms with Crippen molar-refractivity contribution in [3.63, 3.8) is 0 Å². The number of benzene rings is 2. The fraction of sp³-hybridized carbons (Fsp3) is 0.0588. The Morgan fingerprint density at radius 1 is 1.25 bits per heavy atom. The van der Waals surface area contributed by atoms with E-state index in [2.05, 4.69) is 36.9 Å². The van der Waals surface area contributed by atoms with Crippen LogP contribution in [0.15, 0.2) is 56.0 Å². The van der Waals surface area contributed by atoms with Crippen molar-refractivity contribution in [1.82, 2.24) is 0 Å². The number of hydrogen-bond acceptors (Lipinski definition) is 4. The van der Waals surface area contributed by atoms with E-state index >= 15 is 0 Å². The van der Waals surface area contributed by atoms with Crippen LogP contribution >= 0.6 is 43.5 Å². The van der Waals surface area contributed by atoms with Gasteiger partial charge in [0.05, 0.1) is 22.2 Å². The smallest absolute Gasteiger partial charge is 0.363 e. The van der Waals surface area contributed by atoms with E-state index in [-0.39, 0.29) is 11.6 Å². The Kier molecular flexibility index (Phi) is 5.08. The highest BCUT2D eigenvalue weighted by Crippen LogP contribution is 2.35. The molecule has 0 unspecified atom stereocenters. The van der Waals surface area contributed by atoms with Crippen LogP contribution in [-0.4, -0.2) is 19.0 Å². The second-order valence-corrected chi connectivity index (χ2v) is 7.00. The lowest BCUT2D eigenvalue weighted by molar-refractivity contribution is -0.129. The first kappa shape index (κ1) is 17.2. The van der Waals surface area contributed by atoms with Crippen molar-refractivity contribution < 1.29 is 14.3 Å². The van der Waals surface area contributed by atoms with Gasteiger partial charge in [0.25, 0.3) is 0 Å². The number of nitrogens with zero attached hydrogens (tertiary/aromatic N) is 1. The molecule has 4 nitrogen and oxygen atoms in total. The molecule has 0 N–H and O–H groups in total. The Morgan fingerprint density at radius 2 is 2.00 bits per heavy atom. The Balaban J connectivity index is 2.06. The van der Waals surface area contributed by atoms with Crippen LogP contribution in [0.5, 0.6) is 5.75 Å². The summed E-state index contributed by atoms with van der Waals surface area (Å²) in [7, 11) is 1.56. The largest absolute Gasteiger partial charge is 0.495 e. The second-order valence-electron chi connectivity index (χ2n) is 4.83. The van der Waals surface area contributed by atoms with Crippen molar-refractivity contribution in [2.45, 2.75) is 0 Å². The van der Waals surface area contributed by atoms with Crippen LogP contribution in [0.4, 0.5) is 0 Å². The van der Waals surface area contributed by atoms with Gasteiger partial charge in [0.2, 0.25) is 5.90 Å². The first-order chi connectivity index (χ1) is 11.5. The minimum absolute atomic E-state index is 0.174. The second kappa shape index (κ2) is 7.09. The minimum atomic E-state index is -0.539. The van der Waals surface area contributed by atoms with Crippen molar-refractivity contribution in [2.75, 3.05) is 7.11 Å². The van der Waals surface area contributed by atoms with Gasteiger partial charge in [0.1, 0.15) is 5.75 Å². The van der Waals surface area contributed by atoms with E-state index in [0.717, 1.165) is 8.95 Å². The summed E-state index contributed by atoms with van der Waals surface area (Å²) in [5.74, 6) is 0.243. The van der Waals surface area contributed by atoms with E-state index in [0.29, 0.717) is 21.9 Å². The number of carbonyl (C=O) groups is 1. The molecule has 0 saturated heterocycles. The molecule has 0 amide bonds. The predicted octanol–water partition coefficient (Wildman–Crippen LogP) is 5.22. The summed E-state index contributed by atoms with van der Waals surface area (Å²) >= 11 is 13.0. The molecule has 0 spiro atoms. The summed E-state index contributed by atoms with van der Waals surface area (Å²) in [6, 6.07) is 10.7. The summed E-state index contributed by atoms with van der Waals surface area (Å²) in [4.78, 5) is 16.4. The maximum absolute atomic E-state index is 12.1. The molecule has 0 radical (unpaired) electrons. The SMILES string of the molecule is COc1c(Br)cc(Br)cc1/C=C1\N=C(c2ccccc2Cl)OC1=O. The Morgan fingerprint density at radius 3 is 2.71 bits per heavy atom. The van der Waals surface area contributed by atoms with Gasteiger partial charge < -0.3 is 9.47 Å². The quantitative estimate of drug-likeness (QED) is 0.456. The molecule has 0 saturated carbocycles. The molecule has 3 rings (SSSR count). The Hall–Kier alpha value is -1.63. The summed E-state index contributed by atoms with van der Waals surface area (Å²) in [5.41, 5.74) is 1.43. The van der Waals surface area contributed by atoms with E-state index in [1.807, 2.05) is 12.1 Å². The molecule has 0 bridgehead atoms. The zero-order valence-corrected chi connectivity index (χ0v) is 16.3. The van der Waals surface area contributed by atoms with Gasteiger partial charge in [-0.1, -0.05) is 39.7 Å². The van der Waals surface area contributed by atoms with Crippen LogP contribution in [0.3, 0.4) is 0 Å². The van der Waals surface area contributed by atoms with Crippen molar-refractivity contribution in [3.05, 3.63) is 67.2 Å². The topological polar surface area (TPSA) is 47.9 Å². The third kappa shape index (κ3) is 3.41. The number of aliphatic imine (C=N–C) groups is 1. The molecule has 1 aliphatic rings. The van der Waals surface area contributed by atoms with Crippen LogP contribution < -0.4 is 4.74 Å². The zero-order chi connectivity index (χ0) is 17.3. The monoisotopic (exact) mass is 469 g/mol. The van der Waals surface area contributed by atoms with Crippen molar-refractivity contribution >= 4 is 61.4 Å². The number of carbonyl (C=O) groups excluding carboxylic acids is 1. The first-order valence-corrected chi connectivity index (χ1v) is 8.76. The van der Waals surface area contributed by atoms with E-state index < -0.39 is 5.97 Å². The molecule has 2 aromatic carbocycles. The lowest BCUT2D eigenvalue weighted by Gasteiger charge is -2.08. The van der Waals surface area contributed by atoms with E-state index in [9.17, 15) is 4.79 Å². The average molecular weight is 472 g/mol. The van der Waals surface area contributed by atoms with Crippen molar-refractivity contribution in [3.8, 4) is 5.75 Å². The van der Waals surface area contributed by atoms with E-state index in [4.69, 9.17) is 21.1 Å². The molecule has 0 aliphatic carbocycles. The van der Waals surface area contributed by atoms with Gasteiger partial charge in [-0.3, -0.25) is 0 Å². The maximum atomic E-state index is 12.1. The number of esters is 1. The summed E-state index contributed by atoms with van der Waals surface area (Å²) in [5, 5.41) is 0.466. The molecule has 0 fully saturated rings. The van der Waals surface area contributed by atoms with E-state index in [1.165, 1.54) is 0 Å². The number of methoxy groups -OCH3 is 1. The van der Waals surface area contributed by atoms with Gasteiger partial charge >= 0.3 is 5.97 Å². The van der Waals surface area contributed by atoms with Gasteiger partial charge in [-0.25, -0.2) is 9.79 Å². The Bertz CT molecular complexity index is 893. The fourth-order valence-electron chi connectivity index (χ4n) is 2.21. The molecule has 0 aromatic heterocycles. The van der Waals surface area contributed by atoms with Crippen molar-refractivity contribution in [1.29, 1.82) is 0 Å².